The average Bonchev–Trinajstić information content (AvgIpc) is 2.70. The van der Waals surface area contributed by atoms with Gasteiger partial charge in [0, 0.05) is 57.2 Å². The summed E-state index contributed by atoms with van der Waals surface area (Å²) >= 11 is 0. The molecule has 1 aliphatic rings. The van der Waals surface area contributed by atoms with Crippen molar-refractivity contribution in [2.45, 2.75) is 0 Å². The van der Waals surface area contributed by atoms with Crippen molar-refractivity contribution < 1.29 is 14.0 Å². The van der Waals surface area contributed by atoms with Gasteiger partial charge in [0.15, 0.2) is 0 Å². The number of rotatable bonds is 5. The lowest BCUT2D eigenvalue weighted by molar-refractivity contribution is -0.117. The Balaban J connectivity index is 1.47. The number of amides is 2. The van der Waals surface area contributed by atoms with Gasteiger partial charge in [0.1, 0.15) is 5.82 Å². The van der Waals surface area contributed by atoms with E-state index in [1.165, 1.54) is 24.3 Å². The van der Waals surface area contributed by atoms with Crippen LogP contribution in [0.2, 0.25) is 0 Å². The van der Waals surface area contributed by atoms with Crippen molar-refractivity contribution in [3.8, 4) is 0 Å². The summed E-state index contributed by atoms with van der Waals surface area (Å²) in [5, 5.41) is 2.76. The maximum atomic E-state index is 12.9. The molecule has 0 atom stereocenters. The number of hydrogen-bond donors (Lipinski definition) is 1. The van der Waals surface area contributed by atoms with Gasteiger partial charge in [-0.3, -0.25) is 14.5 Å². The number of halogens is 1. The first-order chi connectivity index (χ1) is 13.4. The minimum Gasteiger partial charge on any atom is -0.378 e. The van der Waals surface area contributed by atoms with Gasteiger partial charge >= 0.3 is 0 Å². The van der Waals surface area contributed by atoms with E-state index in [9.17, 15) is 14.0 Å². The summed E-state index contributed by atoms with van der Waals surface area (Å²) < 4.78 is 12.9. The van der Waals surface area contributed by atoms with Gasteiger partial charge in [-0.25, -0.2) is 4.39 Å². The van der Waals surface area contributed by atoms with E-state index in [4.69, 9.17) is 0 Å². The minimum absolute atomic E-state index is 0.0146. The smallest absolute Gasteiger partial charge is 0.253 e. The number of benzene rings is 2. The fraction of sp³-hybridized carbons (Fsp3) is 0.333. The third-order valence-corrected chi connectivity index (χ3v) is 4.79. The van der Waals surface area contributed by atoms with Gasteiger partial charge in [0.2, 0.25) is 5.91 Å². The monoisotopic (exact) mass is 384 g/mol. The first kappa shape index (κ1) is 19.8. The predicted octanol–water partition coefficient (Wildman–Crippen LogP) is 2.29. The highest BCUT2D eigenvalue weighted by atomic mass is 19.1. The molecule has 1 saturated heterocycles. The molecule has 1 aliphatic heterocycles. The zero-order chi connectivity index (χ0) is 20.1. The van der Waals surface area contributed by atoms with E-state index in [2.05, 4.69) is 5.32 Å². The van der Waals surface area contributed by atoms with Gasteiger partial charge in [-0.2, -0.15) is 0 Å². The standard InChI is InChI=1S/C21H25FN4O2/c1-24(2)19-9-3-16(4-10-19)21(28)26-13-11-25(12-14-26)15-20(27)23-18-7-5-17(22)6-8-18/h3-10H,11-15H2,1-2H3,(H,23,27). The van der Waals surface area contributed by atoms with Gasteiger partial charge in [0.05, 0.1) is 6.54 Å². The normalized spacial score (nSPS) is 14.6. The first-order valence-corrected chi connectivity index (χ1v) is 9.27. The van der Waals surface area contributed by atoms with Crippen molar-refractivity contribution in [2.75, 3.05) is 57.0 Å². The van der Waals surface area contributed by atoms with E-state index in [1.807, 2.05) is 53.1 Å². The zero-order valence-corrected chi connectivity index (χ0v) is 16.2. The Labute approximate surface area is 164 Å². The molecule has 1 fully saturated rings. The second kappa shape index (κ2) is 8.84. The Morgan fingerprint density at radius 1 is 0.964 bits per heavy atom. The third-order valence-electron chi connectivity index (χ3n) is 4.79. The van der Waals surface area contributed by atoms with Crippen LogP contribution in [0.3, 0.4) is 0 Å². The van der Waals surface area contributed by atoms with E-state index in [1.54, 1.807) is 0 Å². The van der Waals surface area contributed by atoms with Crippen molar-refractivity contribution in [2.24, 2.45) is 0 Å². The van der Waals surface area contributed by atoms with Crippen molar-refractivity contribution in [3.63, 3.8) is 0 Å². The molecule has 1 N–H and O–H groups in total. The molecule has 1 heterocycles. The number of carbonyl (C=O) groups excluding carboxylic acids is 2. The van der Waals surface area contributed by atoms with Gasteiger partial charge in [-0.1, -0.05) is 0 Å². The molecule has 0 bridgehead atoms. The maximum absolute atomic E-state index is 12.9. The van der Waals surface area contributed by atoms with E-state index in [0.29, 0.717) is 37.4 Å². The molecular weight excluding hydrogens is 359 g/mol. The van der Waals surface area contributed by atoms with Crippen LogP contribution in [-0.2, 0) is 4.79 Å². The topological polar surface area (TPSA) is 55.9 Å². The molecule has 6 nitrogen and oxygen atoms in total. The first-order valence-electron chi connectivity index (χ1n) is 9.27. The number of nitrogens with one attached hydrogen (secondary N) is 1. The Kier molecular flexibility index (Phi) is 6.26. The third kappa shape index (κ3) is 5.07. The Morgan fingerprint density at radius 2 is 1.57 bits per heavy atom. The minimum atomic E-state index is -0.338. The van der Waals surface area contributed by atoms with Crippen LogP contribution in [0.5, 0.6) is 0 Å². The summed E-state index contributed by atoms with van der Waals surface area (Å²) in [6, 6.07) is 13.2. The SMILES string of the molecule is CN(C)c1ccc(C(=O)N2CCN(CC(=O)Nc3ccc(F)cc3)CC2)cc1. The molecule has 2 aromatic carbocycles. The van der Waals surface area contributed by atoms with Crippen LogP contribution in [0.25, 0.3) is 0 Å². The Morgan fingerprint density at radius 3 is 2.14 bits per heavy atom. The number of anilines is 2. The van der Waals surface area contributed by atoms with Crippen molar-refractivity contribution >= 4 is 23.2 Å². The van der Waals surface area contributed by atoms with Crippen LogP contribution in [0, 0.1) is 5.82 Å². The van der Waals surface area contributed by atoms with Crippen molar-refractivity contribution in [1.82, 2.24) is 9.80 Å². The summed E-state index contributed by atoms with van der Waals surface area (Å²) in [4.78, 5) is 30.6. The average molecular weight is 384 g/mol. The fourth-order valence-electron chi connectivity index (χ4n) is 3.13. The molecule has 28 heavy (non-hydrogen) atoms. The van der Waals surface area contributed by atoms with Crippen LogP contribution < -0.4 is 10.2 Å². The van der Waals surface area contributed by atoms with Crippen molar-refractivity contribution in [1.29, 1.82) is 0 Å². The number of nitrogens with zero attached hydrogens (tertiary/aromatic N) is 3. The molecule has 148 valence electrons. The highest BCUT2D eigenvalue weighted by Crippen LogP contribution is 2.15. The summed E-state index contributed by atoms with van der Waals surface area (Å²) in [6.45, 7) is 2.68. The van der Waals surface area contributed by atoms with Gasteiger partial charge in [-0.05, 0) is 48.5 Å². The lowest BCUT2D eigenvalue weighted by Crippen LogP contribution is -2.50. The highest BCUT2D eigenvalue weighted by molar-refractivity contribution is 5.95. The summed E-state index contributed by atoms with van der Waals surface area (Å²) in [5.41, 5.74) is 2.29. The second-order valence-electron chi connectivity index (χ2n) is 7.06. The maximum Gasteiger partial charge on any atom is 0.253 e. The fourth-order valence-corrected chi connectivity index (χ4v) is 3.13. The molecule has 0 saturated carbocycles. The number of hydrogen-bond acceptors (Lipinski definition) is 4. The van der Waals surface area contributed by atoms with E-state index < -0.39 is 0 Å². The molecule has 0 radical (unpaired) electrons. The highest BCUT2D eigenvalue weighted by Gasteiger charge is 2.23. The molecular formula is C21H25FN4O2. The van der Waals surface area contributed by atoms with Gasteiger partial charge in [0.25, 0.3) is 5.91 Å². The molecule has 0 aromatic heterocycles. The summed E-state index contributed by atoms with van der Waals surface area (Å²) in [5.74, 6) is -0.471. The van der Waals surface area contributed by atoms with Crippen LogP contribution in [0.1, 0.15) is 10.4 Å². The van der Waals surface area contributed by atoms with Crippen LogP contribution in [0.15, 0.2) is 48.5 Å². The van der Waals surface area contributed by atoms with Crippen LogP contribution >= 0.6 is 0 Å². The van der Waals surface area contributed by atoms with Gasteiger partial charge < -0.3 is 15.1 Å². The van der Waals surface area contributed by atoms with E-state index >= 15 is 0 Å². The molecule has 2 aromatic rings. The van der Waals surface area contributed by atoms with Crippen molar-refractivity contribution in [3.05, 3.63) is 59.9 Å². The lowest BCUT2D eigenvalue weighted by Gasteiger charge is -2.34. The summed E-state index contributed by atoms with van der Waals surface area (Å²) in [7, 11) is 3.92. The molecule has 2 amide bonds. The Bertz CT molecular complexity index is 813. The molecule has 7 heteroatoms. The largest absolute Gasteiger partial charge is 0.378 e. The predicted molar refractivity (Wildman–Crippen MR) is 108 cm³/mol. The quantitative estimate of drug-likeness (QED) is 0.860. The molecule has 3 rings (SSSR count). The second-order valence-corrected chi connectivity index (χ2v) is 7.06. The molecule has 0 unspecified atom stereocenters. The van der Waals surface area contributed by atoms with Crippen LogP contribution in [-0.4, -0.2) is 68.4 Å². The lowest BCUT2D eigenvalue weighted by atomic mass is 10.1. The Hall–Kier alpha value is -2.93. The zero-order valence-electron chi connectivity index (χ0n) is 16.2. The van der Waals surface area contributed by atoms with Gasteiger partial charge in [-0.15, -0.1) is 0 Å². The van der Waals surface area contributed by atoms with Crippen LogP contribution in [0.4, 0.5) is 15.8 Å². The van der Waals surface area contributed by atoms with E-state index in [-0.39, 0.29) is 24.2 Å². The van der Waals surface area contributed by atoms with E-state index in [0.717, 1.165) is 5.69 Å². The molecule has 0 spiro atoms. The number of piperazine rings is 1. The number of carbonyl (C=O) groups is 2. The molecule has 0 aliphatic carbocycles. The summed E-state index contributed by atoms with van der Waals surface area (Å²) in [6.07, 6.45) is 0.